The Labute approximate surface area is 185 Å². The smallest absolute Gasteiger partial charge is 0.242 e. The molecule has 1 fully saturated rings. The van der Waals surface area contributed by atoms with Crippen LogP contribution < -0.4 is 0 Å². The summed E-state index contributed by atoms with van der Waals surface area (Å²) < 4.78 is 11.2. The lowest BCUT2D eigenvalue weighted by molar-refractivity contribution is -0.143. The lowest BCUT2D eigenvalue weighted by Gasteiger charge is -2.32. The third-order valence-electron chi connectivity index (χ3n) is 5.95. The van der Waals surface area contributed by atoms with Crippen LogP contribution >= 0.6 is 0 Å². The normalized spacial score (nSPS) is 16.8. The van der Waals surface area contributed by atoms with E-state index in [0.29, 0.717) is 25.9 Å². The van der Waals surface area contributed by atoms with Crippen LogP contribution in [0.25, 0.3) is 0 Å². The summed E-state index contributed by atoms with van der Waals surface area (Å²) in [5, 5.41) is 0. The highest BCUT2D eigenvalue weighted by atomic mass is 16.5. The first-order valence-corrected chi connectivity index (χ1v) is 11.3. The molecule has 0 saturated carbocycles. The lowest BCUT2D eigenvalue weighted by Crippen LogP contribution is -2.47. The molecule has 6 nitrogen and oxygen atoms in total. The number of carbonyl (C=O) groups is 2. The summed E-state index contributed by atoms with van der Waals surface area (Å²) in [6, 6.07) is 13.7. The number of nitrogens with zero attached hydrogens (tertiary/aromatic N) is 2. The fourth-order valence-corrected chi connectivity index (χ4v) is 3.87. The van der Waals surface area contributed by atoms with Gasteiger partial charge in [-0.2, -0.15) is 0 Å². The van der Waals surface area contributed by atoms with Crippen molar-refractivity contribution >= 4 is 11.8 Å². The zero-order chi connectivity index (χ0) is 22.1. The van der Waals surface area contributed by atoms with Crippen molar-refractivity contribution in [2.24, 2.45) is 0 Å². The molecular weight excluding hydrogens is 392 g/mol. The summed E-state index contributed by atoms with van der Waals surface area (Å²) in [5.41, 5.74) is 1.13. The van der Waals surface area contributed by atoms with Crippen LogP contribution in [-0.4, -0.2) is 53.5 Å². The monoisotopic (exact) mass is 426 g/mol. The molecule has 2 amide bonds. The molecule has 31 heavy (non-hydrogen) atoms. The predicted molar refractivity (Wildman–Crippen MR) is 119 cm³/mol. The fourth-order valence-electron chi connectivity index (χ4n) is 3.87. The molecule has 2 heterocycles. The molecule has 3 rings (SSSR count). The van der Waals surface area contributed by atoms with E-state index >= 15 is 0 Å². The average Bonchev–Trinajstić information content (AvgIpc) is 3.50. The Morgan fingerprint density at radius 3 is 2.58 bits per heavy atom. The first-order valence-electron chi connectivity index (χ1n) is 11.3. The van der Waals surface area contributed by atoms with E-state index in [2.05, 4.69) is 0 Å². The topological polar surface area (TPSA) is 63.0 Å². The number of aryl methyl sites for hydroxylation is 1. The Balaban J connectivity index is 1.65. The maximum Gasteiger partial charge on any atom is 0.242 e. The van der Waals surface area contributed by atoms with E-state index in [1.165, 1.54) is 0 Å². The van der Waals surface area contributed by atoms with Crippen molar-refractivity contribution in [2.75, 3.05) is 19.7 Å². The van der Waals surface area contributed by atoms with Crippen molar-refractivity contribution < 1.29 is 18.7 Å². The molecule has 0 aliphatic carbocycles. The molecule has 168 valence electrons. The summed E-state index contributed by atoms with van der Waals surface area (Å²) in [6.45, 7) is 5.77. The first-order chi connectivity index (χ1) is 15.1. The van der Waals surface area contributed by atoms with Crippen LogP contribution in [0.1, 0.15) is 50.9 Å². The highest BCUT2D eigenvalue weighted by molar-refractivity contribution is 5.85. The van der Waals surface area contributed by atoms with Gasteiger partial charge in [0.25, 0.3) is 0 Å². The Hall–Kier alpha value is -2.60. The zero-order valence-electron chi connectivity index (χ0n) is 18.7. The summed E-state index contributed by atoms with van der Waals surface area (Å²) in [6.07, 6.45) is 5.50. The minimum Gasteiger partial charge on any atom is -0.467 e. The lowest BCUT2D eigenvalue weighted by atomic mass is 10.1. The van der Waals surface area contributed by atoms with Crippen molar-refractivity contribution in [1.82, 2.24) is 9.80 Å². The molecule has 0 N–H and O–H groups in total. The molecule has 1 aromatic heterocycles. The number of amides is 2. The second-order valence-electron chi connectivity index (χ2n) is 8.25. The summed E-state index contributed by atoms with van der Waals surface area (Å²) in [7, 11) is 0. The number of furan rings is 1. The molecule has 0 bridgehead atoms. The number of ether oxygens (including phenoxy) is 1. The van der Waals surface area contributed by atoms with Gasteiger partial charge < -0.3 is 19.0 Å². The molecule has 1 aromatic carbocycles. The van der Waals surface area contributed by atoms with E-state index in [1.807, 2.05) is 56.3 Å². The fraction of sp³-hybridized carbons (Fsp3) is 0.520. The summed E-state index contributed by atoms with van der Waals surface area (Å²) >= 11 is 0. The van der Waals surface area contributed by atoms with Crippen LogP contribution in [0.5, 0.6) is 0 Å². The van der Waals surface area contributed by atoms with Gasteiger partial charge in [-0.25, -0.2) is 0 Å². The number of rotatable bonds is 11. The van der Waals surface area contributed by atoms with Crippen molar-refractivity contribution in [3.8, 4) is 0 Å². The number of hydrogen-bond acceptors (Lipinski definition) is 4. The Morgan fingerprint density at radius 1 is 1.13 bits per heavy atom. The molecule has 2 atom stereocenters. The van der Waals surface area contributed by atoms with Gasteiger partial charge in [0.1, 0.15) is 12.3 Å². The highest BCUT2D eigenvalue weighted by Crippen LogP contribution is 2.17. The Morgan fingerprint density at radius 2 is 1.94 bits per heavy atom. The van der Waals surface area contributed by atoms with Crippen LogP contribution in [-0.2, 0) is 27.3 Å². The zero-order valence-corrected chi connectivity index (χ0v) is 18.7. The minimum absolute atomic E-state index is 0.000386. The average molecular weight is 427 g/mol. The third kappa shape index (κ3) is 6.96. The van der Waals surface area contributed by atoms with Gasteiger partial charge in [-0.3, -0.25) is 9.59 Å². The van der Waals surface area contributed by atoms with Crippen LogP contribution in [0.4, 0.5) is 0 Å². The standard InChI is InChI=1S/C25H34N2O4/c1-3-20(2)27(24(28)14-13-21-9-5-4-6-10-21)19-25(29)26(17-22-11-7-15-30-22)18-23-12-8-16-31-23/h4-7,9-11,15,20,23H,3,8,12-14,16-19H2,1-2H3/t20-,23-/m0/s1. The predicted octanol–water partition coefficient (Wildman–Crippen LogP) is 4.05. The second-order valence-corrected chi connectivity index (χ2v) is 8.25. The van der Waals surface area contributed by atoms with Crippen LogP contribution in [0.2, 0.25) is 0 Å². The van der Waals surface area contributed by atoms with Crippen molar-refractivity contribution in [3.63, 3.8) is 0 Å². The van der Waals surface area contributed by atoms with E-state index < -0.39 is 0 Å². The van der Waals surface area contributed by atoms with E-state index in [9.17, 15) is 9.59 Å². The van der Waals surface area contributed by atoms with E-state index in [0.717, 1.165) is 37.2 Å². The third-order valence-corrected chi connectivity index (χ3v) is 5.95. The van der Waals surface area contributed by atoms with Crippen molar-refractivity contribution in [1.29, 1.82) is 0 Å². The van der Waals surface area contributed by atoms with Crippen LogP contribution in [0.15, 0.2) is 53.1 Å². The van der Waals surface area contributed by atoms with Crippen molar-refractivity contribution in [2.45, 2.75) is 64.6 Å². The van der Waals surface area contributed by atoms with Gasteiger partial charge in [-0.1, -0.05) is 37.3 Å². The maximum absolute atomic E-state index is 13.3. The van der Waals surface area contributed by atoms with Crippen LogP contribution in [0, 0.1) is 0 Å². The van der Waals surface area contributed by atoms with Gasteiger partial charge >= 0.3 is 0 Å². The molecule has 0 radical (unpaired) electrons. The molecule has 1 aliphatic rings. The quantitative estimate of drug-likeness (QED) is 0.544. The SMILES string of the molecule is CC[C@H](C)N(CC(=O)N(Cc1ccco1)C[C@@H]1CCCO1)C(=O)CCc1ccccc1. The number of carbonyl (C=O) groups excluding carboxylic acids is 2. The minimum atomic E-state index is -0.0692. The molecule has 1 saturated heterocycles. The maximum atomic E-state index is 13.3. The Kier molecular flexibility index (Phi) is 8.71. The molecule has 0 spiro atoms. The number of benzene rings is 1. The van der Waals surface area contributed by atoms with Gasteiger partial charge in [0.05, 0.1) is 18.9 Å². The van der Waals surface area contributed by atoms with E-state index in [1.54, 1.807) is 16.1 Å². The molecule has 0 unspecified atom stereocenters. The van der Waals surface area contributed by atoms with Crippen LogP contribution in [0.3, 0.4) is 0 Å². The highest BCUT2D eigenvalue weighted by Gasteiger charge is 2.27. The number of hydrogen-bond donors (Lipinski definition) is 0. The molecule has 1 aliphatic heterocycles. The van der Waals surface area contributed by atoms with Gasteiger partial charge in [0, 0.05) is 25.6 Å². The largest absolute Gasteiger partial charge is 0.467 e. The summed E-state index contributed by atoms with van der Waals surface area (Å²) in [4.78, 5) is 29.9. The molecule has 6 heteroatoms. The van der Waals surface area contributed by atoms with Gasteiger partial charge in [0.15, 0.2) is 0 Å². The first kappa shape index (κ1) is 23.1. The molecular formula is C25H34N2O4. The van der Waals surface area contributed by atoms with E-state index in [-0.39, 0.29) is 30.5 Å². The molecule has 2 aromatic rings. The van der Waals surface area contributed by atoms with E-state index in [4.69, 9.17) is 9.15 Å². The van der Waals surface area contributed by atoms with Gasteiger partial charge in [-0.15, -0.1) is 0 Å². The Bertz CT molecular complexity index is 800. The second kappa shape index (κ2) is 11.7. The summed E-state index contributed by atoms with van der Waals surface area (Å²) in [5.74, 6) is 0.679. The van der Waals surface area contributed by atoms with Gasteiger partial charge in [0.2, 0.25) is 11.8 Å². The van der Waals surface area contributed by atoms with Gasteiger partial charge in [-0.05, 0) is 50.3 Å². The van der Waals surface area contributed by atoms with Crippen molar-refractivity contribution in [3.05, 3.63) is 60.1 Å².